The lowest BCUT2D eigenvalue weighted by Crippen LogP contribution is -2.42. The Balaban J connectivity index is 2.22. The highest BCUT2D eigenvalue weighted by Gasteiger charge is 2.37. The summed E-state index contributed by atoms with van der Waals surface area (Å²) in [5, 5.41) is 3.70. The number of benzene rings is 1. The molecule has 1 aromatic rings. The van der Waals surface area contributed by atoms with Crippen LogP contribution < -0.4 is 10.1 Å². The molecule has 1 saturated carbocycles. The molecule has 1 aliphatic carbocycles. The summed E-state index contributed by atoms with van der Waals surface area (Å²) in [6, 6.07) is 8.60. The van der Waals surface area contributed by atoms with Crippen LogP contribution in [0.25, 0.3) is 0 Å². The molecule has 1 N–H and O–H groups in total. The summed E-state index contributed by atoms with van der Waals surface area (Å²) in [5.74, 6) is 2.61. The van der Waals surface area contributed by atoms with Crippen molar-refractivity contribution in [3.05, 3.63) is 29.8 Å². The molecule has 0 saturated heterocycles. The van der Waals surface area contributed by atoms with Crippen molar-refractivity contribution in [3.8, 4) is 5.75 Å². The first-order chi connectivity index (χ1) is 10.1. The molecule has 0 atom stereocenters. The van der Waals surface area contributed by atoms with E-state index in [-0.39, 0.29) is 5.41 Å². The molecule has 2 nitrogen and oxygen atoms in total. The number of para-hydroxylation sites is 1. The Labute approximate surface area is 130 Å². The molecule has 0 spiro atoms. The van der Waals surface area contributed by atoms with Gasteiger partial charge in [0.05, 0.1) is 7.11 Å². The Bertz CT molecular complexity index is 433. The Morgan fingerprint density at radius 2 is 1.90 bits per heavy atom. The zero-order valence-electron chi connectivity index (χ0n) is 14.1. The van der Waals surface area contributed by atoms with Crippen LogP contribution in [-0.4, -0.2) is 20.2 Å². The average molecular weight is 289 g/mol. The third-order valence-corrected chi connectivity index (χ3v) is 4.93. The third kappa shape index (κ3) is 4.00. The molecule has 1 aromatic carbocycles. The summed E-state index contributed by atoms with van der Waals surface area (Å²) in [6.45, 7) is 9.08. The number of hydrogen-bond donors (Lipinski definition) is 1. The predicted molar refractivity (Wildman–Crippen MR) is 90.0 cm³/mol. The fourth-order valence-electron chi connectivity index (χ4n) is 3.54. The lowest BCUT2D eigenvalue weighted by molar-refractivity contribution is 0.225. The first kappa shape index (κ1) is 16.4. The molecular weight excluding hydrogens is 258 g/mol. The van der Waals surface area contributed by atoms with Gasteiger partial charge in [-0.25, -0.2) is 0 Å². The lowest BCUT2D eigenvalue weighted by atomic mass is 9.66. The van der Waals surface area contributed by atoms with E-state index < -0.39 is 0 Å². The maximum absolute atomic E-state index is 5.65. The number of methoxy groups -OCH3 is 1. The van der Waals surface area contributed by atoms with E-state index in [1.165, 1.54) is 31.2 Å². The molecule has 2 heteroatoms. The second-order valence-corrected chi connectivity index (χ2v) is 7.19. The highest BCUT2D eigenvalue weighted by molar-refractivity contribution is 5.40. The molecule has 118 valence electrons. The Kier molecular flexibility index (Phi) is 5.69. The van der Waals surface area contributed by atoms with Crippen LogP contribution >= 0.6 is 0 Å². The number of hydrogen-bond acceptors (Lipinski definition) is 2. The van der Waals surface area contributed by atoms with E-state index in [4.69, 9.17) is 4.74 Å². The van der Waals surface area contributed by atoms with Crippen molar-refractivity contribution in [3.63, 3.8) is 0 Å². The van der Waals surface area contributed by atoms with Crippen LogP contribution in [0.3, 0.4) is 0 Å². The normalized spacial score (nSPS) is 26.0. The molecule has 1 aliphatic rings. The molecule has 0 bridgehead atoms. The van der Waals surface area contributed by atoms with Gasteiger partial charge < -0.3 is 10.1 Å². The van der Waals surface area contributed by atoms with Gasteiger partial charge in [0.15, 0.2) is 0 Å². The van der Waals surface area contributed by atoms with Crippen molar-refractivity contribution in [1.29, 1.82) is 0 Å². The summed E-state index contributed by atoms with van der Waals surface area (Å²) in [6.07, 6.45) is 5.17. The summed E-state index contributed by atoms with van der Waals surface area (Å²) in [4.78, 5) is 0. The van der Waals surface area contributed by atoms with E-state index in [2.05, 4.69) is 50.4 Å². The van der Waals surface area contributed by atoms with E-state index in [0.29, 0.717) is 5.92 Å². The molecule has 0 unspecified atom stereocenters. The first-order valence-electron chi connectivity index (χ1n) is 8.41. The highest BCUT2D eigenvalue weighted by Crippen LogP contribution is 2.44. The molecule has 0 amide bonds. The zero-order chi connectivity index (χ0) is 15.3. The number of ether oxygens (including phenoxy) is 1. The van der Waals surface area contributed by atoms with Crippen molar-refractivity contribution < 1.29 is 4.74 Å². The van der Waals surface area contributed by atoms with Gasteiger partial charge in [-0.2, -0.15) is 0 Å². The van der Waals surface area contributed by atoms with Gasteiger partial charge in [0.2, 0.25) is 0 Å². The summed E-state index contributed by atoms with van der Waals surface area (Å²) in [5.41, 5.74) is 1.64. The second kappa shape index (κ2) is 7.31. The molecule has 0 aliphatic heterocycles. The summed E-state index contributed by atoms with van der Waals surface area (Å²) >= 11 is 0. The molecule has 0 heterocycles. The Hall–Kier alpha value is -1.02. The fourth-order valence-corrected chi connectivity index (χ4v) is 3.54. The van der Waals surface area contributed by atoms with Crippen LogP contribution in [0.15, 0.2) is 24.3 Å². The molecule has 1 fully saturated rings. The minimum Gasteiger partial charge on any atom is -0.496 e. The third-order valence-electron chi connectivity index (χ3n) is 4.93. The zero-order valence-corrected chi connectivity index (χ0v) is 14.1. The average Bonchev–Trinajstić information content (AvgIpc) is 2.49. The van der Waals surface area contributed by atoms with Gasteiger partial charge in [0.1, 0.15) is 5.75 Å². The van der Waals surface area contributed by atoms with Gasteiger partial charge in [-0.05, 0) is 50.1 Å². The van der Waals surface area contributed by atoms with Crippen molar-refractivity contribution in [1.82, 2.24) is 5.32 Å². The minimum absolute atomic E-state index is 0.244. The molecule has 0 radical (unpaired) electrons. The van der Waals surface area contributed by atoms with Crippen LogP contribution in [-0.2, 0) is 5.41 Å². The fraction of sp³-hybridized carbons (Fsp3) is 0.684. The van der Waals surface area contributed by atoms with E-state index in [1.807, 2.05) is 0 Å². The highest BCUT2D eigenvalue weighted by atomic mass is 16.5. The Morgan fingerprint density at radius 3 is 2.52 bits per heavy atom. The standard InChI is InChI=1S/C19H31NO/c1-15(2)13-20-14-19(11-9-16(3)10-12-19)17-7-5-6-8-18(17)21-4/h5-8,15-16,20H,9-14H2,1-4H3. The maximum Gasteiger partial charge on any atom is 0.122 e. The topological polar surface area (TPSA) is 21.3 Å². The van der Waals surface area contributed by atoms with Crippen molar-refractivity contribution >= 4 is 0 Å². The van der Waals surface area contributed by atoms with E-state index in [9.17, 15) is 0 Å². The summed E-state index contributed by atoms with van der Waals surface area (Å²) in [7, 11) is 1.79. The van der Waals surface area contributed by atoms with Crippen LogP contribution in [0.4, 0.5) is 0 Å². The quantitative estimate of drug-likeness (QED) is 0.838. The minimum atomic E-state index is 0.244. The SMILES string of the molecule is COc1ccccc1C1(CNCC(C)C)CCC(C)CC1. The second-order valence-electron chi connectivity index (χ2n) is 7.19. The van der Waals surface area contributed by atoms with Gasteiger partial charge in [0, 0.05) is 17.5 Å². The van der Waals surface area contributed by atoms with Crippen molar-refractivity contribution in [2.75, 3.05) is 20.2 Å². The molecule has 0 aromatic heterocycles. The van der Waals surface area contributed by atoms with Crippen molar-refractivity contribution in [2.24, 2.45) is 11.8 Å². The smallest absolute Gasteiger partial charge is 0.122 e. The van der Waals surface area contributed by atoms with Crippen LogP contribution in [0.2, 0.25) is 0 Å². The molecule has 2 rings (SSSR count). The first-order valence-corrected chi connectivity index (χ1v) is 8.41. The van der Waals surface area contributed by atoms with Gasteiger partial charge in [-0.15, -0.1) is 0 Å². The van der Waals surface area contributed by atoms with Crippen LogP contribution in [0.1, 0.15) is 52.0 Å². The molecular formula is C19H31NO. The molecule has 21 heavy (non-hydrogen) atoms. The van der Waals surface area contributed by atoms with Crippen LogP contribution in [0, 0.1) is 11.8 Å². The number of rotatable bonds is 6. The van der Waals surface area contributed by atoms with E-state index in [0.717, 1.165) is 24.8 Å². The van der Waals surface area contributed by atoms with Gasteiger partial charge in [-0.3, -0.25) is 0 Å². The van der Waals surface area contributed by atoms with Gasteiger partial charge in [0.25, 0.3) is 0 Å². The predicted octanol–water partition coefficient (Wildman–Crippen LogP) is 4.39. The van der Waals surface area contributed by atoms with E-state index >= 15 is 0 Å². The van der Waals surface area contributed by atoms with Crippen molar-refractivity contribution in [2.45, 2.75) is 51.9 Å². The lowest BCUT2D eigenvalue weighted by Gasteiger charge is -2.41. The van der Waals surface area contributed by atoms with Gasteiger partial charge >= 0.3 is 0 Å². The summed E-state index contributed by atoms with van der Waals surface area (Å²) < 4.78 is 5.65. The largest absolute Gasteiger partial charge is 0.496 e. The van der Waals surface area contributed by atoms with Gasteiger partial charge in [-0.1, -0.05) is 39.0 Å². The maximum atomic E-state index is 5.65. The Morgan fingerprint density at radius 1 is 1.24 bits per heavy atom. The monoisotopic (exact) mass is 289 g/mol. The van der Waals surface area contributed by atoms with E-state index in [1.54, 1.807) is 7.11 Å². The number of nitrogens with one attached hydrogen (secondary N) is 1. The van der Waals surface area contributed by atoms with Crippen LogP contribution in [0.5, 0.6) is 5.75 Å².